The Labute approximate surface area is 157 Å². The fourth-order valence-corrected chi connectivity index (χ4v) is 4.34. The Hall–Kier alpha value is -2.22. The monoisotopic (exact) mass is 347 g/mol. The van der Waals surface area contributed by atoms with Crippen molar-refractivity contribution in [1.82, 2.24) is 0 Å². The summed E-state index contributed by atoms with van der Waals surface area (Å²) >= 11 is 0. The summed E-state index contributed by atoms with van der Waals surface area (Å²) in [5.74, 6) is 2.59. The third-order valence-electron chi connectivity index (χ3n) is 5.67. The second-order valence-corrected chi connectivity index (χ2v) is 8.21. The van der Waals surface area contributed by atoms with E-state index >= 15 is 0 Å². The van der Waals surface area contributed by atoms with Gasteiger partial charge in [0.25, 0.3) is 0 Å². The molecule has 0 fully saturated rings. The lowest BCUT2D eigenvalue weighted by molar-refractivity contribution is 0.242. The van der Waals surface area contributed by atoms with Gasteiger partial charge in [-0.3, -0.25) is 0 Å². The van der Waals surface area contributed by atoms with Crippen LogP contribution in [0.2, 0.25) is 0 Å². The maximum atomic E-state index is 5.92. The van der Waals surface area contributed by atoms with Gasteiger partial charge in [-0.25, -0.2) is 0 Å². The third-order valence-corrected chi connectivity index (χ3v) is 5.67. The maximum Gasteiger partial charge on any atom is 0.120 e. The molecule has 4 rings (SSSR count). The average molecular weight is 348 g/mol. The highest BCUT2D eigenvalue weighted by Gasteiger charge is 2.38. The summed E-state index contributed by atoms with van der Waals surface area (Å²) < 4.78 is 5.92. The van der Waals surface area contributed by atoms with E-state index in [1.807, 2.05) is 0 Å². The largest absolute Gasteiger partial charge is 0.491 e. The topological polar surface area (TPSA) is 21.3 Å². The van der Waals surface area contributed by atoms with Crippen LogP contribution >= 0.6 is 0 Å². The van der Waals surface area contributed by atoms with E-state index < -0.39 is 0 Å². The number of rotatable bonds is 4. The molecule has 1 aliphatic heterocycles. The van der Waals surface area contributed by atoms with E-state index in [9.17, 15) is 0 Å². The van der Waals surface area contributed by atoms with Crippen molar-refractivity contribution in [2.75, 3.05) is 5.32 Å². The van der Waals surface area contributed by atoms with Gasteiger partial charge in [0.15, 0.2) is 0 Å². The summed E-state index contributed by atoms with van der Waals surface area (Å²) in [6, 6.07) is 16.1. The standard InChI is InChI=1S/C24H29NO/c1-15(2)17-8-10-18(11-9-17)24-21-7-5-6-20(21)22-14-19(26-16(3)4)12-13-23(22)25-24/h5-6,8-16,20-21,24-25H,7H2,1-4H3. The van der Waals surface area contributed by atoms with Gasteiger partial charge in [0, 0.05) is 11.6 Å². The molecular formula is C24H29NO. The Kier molecular flexibility index (Phi) is 4.52. The van der Waals surface area contributed by atoms with Crippen molar-refractivity contribution in [2.24, 2.45) is 5.92 Å². The first-order valence-electron chi connectivity index (χ1n) is 9.86. The molecule has 0 aromatic heterocycles. The van der Waals surface area contributed by atoms with Gasteiger partial charge >= 0.3 is 0 Å². The molecule has 2 nitrogen and oxygen atoms in total. The van der Waals surface area contributed by atoms with Gasteiger partial charge in [0.1, 0.15) is 5.75 Å². The maximum absolute atomic E-state index is 5.92. The quantitative estimate of drug-likeness (QED) is 0.644. The molecule has 2 aliphatic rings. The van der Waals surface area contributed by atoms with E-state index in [-0.39, 0.29) is 6.10 Å². The normalized spacial score (nSPS) is 23.7. The average Bonchev–Trinajstić information content (AvgIpc) is 3.11. The Bertz CT molecular complexity index is 803. The van der Waals surface area contributed by atoms with Gasteiger partial charge in [-0.1, -0.05) is 50.3 Å². The van der Waals surface area contributed by atoms with Crippen molar-refractivity contribution in [3.8, 4) is 5.75 Å². The minimum absolute atomic E-state index is 0.201. The molecule has 0 amide bonds. The molecule has 0 spiro atoms. The number of ether oxygens (including phenoxy) is 1. The number of nitrogens with one attached hydrogen (secondary N) is 1. The number of hydrogen-bond donors (Lipinski definition) is 1. The van der Waals surface area contributed by atoms with Gasteiger partial charge in [-0.2, -0.15) is 0 Å². The highest BCUT2D eigenvalue weighted by atomic mass is 16.5. The number of anilines is 1. The molecule has 3 atom stereocenters. The highest BCUT2D eigenvalue weighted by molar-refractivity contribution is 5.61. The first kappa shape index (κ1) is 17.2. The molecule has 2 aromatic rings. The second-order valence-electron chi connectivity index (χ2n) is 8.21. The molecule has 2 aromatic carbocycles. The predicted molar refractivity (Wildman–Crippen MR) is 109 cm³/mol. The van der Waals surface area contributed by atoms with Crippen LogP contribution in [0.5, 0.6) is 5.75 Å². The van der Waals surface area contributed by atoms with Gasteiger partial charge < -0.3 is 10.1 Å². The summed E-state index contributed by atoms with van der Waals surface area (Å²) in [4.78, 5) is 0. The van der Waals surface area contributed by atoms with Crippen LogP contribution < -0.4 is 10.1 Å². The lowest BCUT2D eigenvalue weighted by Gasteiger charge is -2.38. The number of allylic oxidation sites excluding steroid dienone is 2. The molecule has 0 bridgehead atoms. The molecule has 1 heterocycles. The third kappa shape index (κ3) is 3.13. The van der Waals surface area contributed by atoms with Crippen molar-refractivity contribution in [3.63, 3.8) is 0 Å². The molecule has 1 aliphatic carbocycles. The summed E-state index contributed by atoms with van der Waals surface area (Å²) in [5.41, 5.74) is 5.41. The molecule has 1 N–H and O–H groups in total. The van der Waals surface area contributed by atoms with Crippen molar-refractivity contribution in [3.05, 3.63) is 71.3 Å². The van der Waals surface area contributed by atoms with Crippen molar-refractivity contribution < 1.29 is 4.74 Å². The summed E-state index contributed by atoms with van der Waals surface area (Å²) in [5, 5.41) is 3.82. The molecule has 26 heavy (non-hydrogen) atoms. The Morgan fingerprint density at radius 2 is 1.77 bits per heavy atom. The smallest absolute Gasteiger partial charge is 0.120 e. The van der Waals surface area contributed by atoms with Gasteiger partial charge in [0.2, 0.25) is 0 Å². The second kappa shape index (κ2) is 6.83. The highest BCUT2D eigenvalue weighted by Crippen LogP contribution is 2.50. The zero-order valence-corrected chi connectivity index (χ0v) is 16.2. The molecule has 3 unspecified atom stereocenters. The van der Waals surface area contributed by atoms with E-state index in [0.29, 0.717) is 23.8 Å². The zero-order chi connectivity index (χ0) is 18.3. The molecule has 0 radical (unpaired) electrons. The molecule has 136 valence electrons. The van der Waals surface area contributed by atoms with Crippen LogP contribution in [0, 0.1) is 5.92 Å². The number of hydrogen-bond acceptors (Lipinski definition) is 2. The van der Waals surface area contributed by atoms with E-state index in [2.05, 4.69) is 87.6 Å². The summed E-state index contributed by atoms with van der Waals surface area (Å²) in [6.45, 7) is 8.65. The van der Waals surface area contributed by atoms with E-state index in [4.69, 9.17) is 4.74 Å². The van der Waals surface area contributed by atoms with Crippen molar-refractivity contribution in [2.45, 2.75) is 58.1 Å². The molecule has 2 heteroatoms. The summed E-state index contributed by atoms with van der Waals surface area (Å²) in [7, 11) is 0. The fourth-order valence-electron chi connectivity index (χ4n) is 4.34. The molecule has 0 saturated heterocycles. The Morgan fingerprint density at radius 1 is 1.00 bits per heavy atom. The van der Waals surface area contributed by atoms with Gasteiger partial charge in [-0.05, 0) is 67.0 Å². The van der Waals surface area contributed by atoms with Crippen LogP contribution in [0.25, 0.3) is 0 Å². The van der Waals surface area contributed by atoms with Gasteiger partial charge in [-0.15, -0.1) is 0 Å². The Morgan fingerprint density at radius 3 is 2.46 bits per heavy atom. The van der Waals surface area contributed by atoms with E-state index in [1.54, 1.807) is 0 Å². The summed E-state index contributed by atoms with van der Waals surface area (Å²) in [6.07, 6.45) is 6.06. The predicted octanol–water partition coefficient (Wildman–Crippen LogP) is 6.42. The van der Waals surface area contributed by atoms with Crippen LogP contribution in [-0.4, -0.2) is 6.10 Å². The lowest BCUT2D eigenvalue weighted by atomic mass is 9.77. The Balaban J connectivity index is 1.66. The number of fused-ring (bicyclic) bond motifs is 3. The zero-order valence-electron chi connectivity index (χ0n) is 16.2. The van der Waals surface area contributed by atoms with Crippen molar-refractivity contribution in [1.29, 1.82) is 0 Å². The van der Waals surface area contributed by atoms with Gasteiger partial charge in [0.05, 0.1) is 12.1 Å². The molecular weight excluding hydrogens is 318 g/mol. The molecule has 0 saturated carbocycles. The SMILES string of the molecule is CC(C)Oc1ccc2c(c1)C1C=CCC1C(c1ccc(C(C)C)cc1)N2. The minimum atomic E-state index is 0.201. The van der Waals surface area contributed by atoms with Crippen LogP contribution in [0.4, 0.5) is 5.69 Å². The lowest BCUT2D eigenvalue weighted by Crippen LogP contribution is -2.29. The van der Waals surface area contributed by atoms with Crippen molar-refractivity contribution >= 4 is 5.69 Å². The van der Waals surface area contributed by atoms with Crippen LogP contribution in [-0.2, 0) is 0 Å². The van der Waals surface area contributed by atoms with Crippen LogP contribution in [0.15, 0.2) is 54.6 Å². The van der Waals surface area contributed by atoms with Crippen LogP contribution in [0.3, 0.4) is 0 Å². The number of benzene rings is 2. The van der Waals surface area contributed by atoms with E-state index in [0.717, 1.165) is 12.2 Å². The first-order chi connectivity index (χ1) is 12.5. The van der Waals surface area contributed by atoms with E-state index in [1.165, 1.54) is 22.4 Å². The van der Waals surface area contributed by atoms with Crippen LogP contribution in [0.1, 0.15) is 68.7 Å². The fraction of sp³-hybridized carbons (Fsp3) is 0.417. The first-order valence-corrected chi connectivity index (χ1v) is 9.86. The minimum Gasteiger partial charge on any atom is -0.491 e.